The van der Waals surface area contributed by atoms with Crippen molar-refractivity contribution in [3.63, 3.8) is 0 Å². The zero-order chi connectivity index (χ0) is 24.9. The monoisotopic (exact) mass is 498 g/mol. The predicted molar refractivity (Wildman–Crippen MR) is 135 cm³/mol. The molecule has 2 aromatic rings. The average Bonchev–Trinajstić information content (AvgIpc) is 3.59. The summed E-state index contributed by atoms with van der Waals surface area (Å²) in [6, 6.07) is 7.37. The van der Waals surface area contributed by atoms with Gasteiger partial charge in [0, 0.05) is 42.1 Å². The van der Waals surface area contributed by atoms with Gasteiger partial charge in [0.1, 0.15) is 11.5 Å². The van der Waals surface area contributed by atoms with Crippen LogP contribution in [0.1, 0.15) is 43.6 Å². The summed E-state index contributed by atoms with van der Waals surface area (Å²) in [5.74, 6) is 0.656. The van der Waals surface area contributed by atoms with Crippen molar-refractivity contribution >= 4 is 46.6 Å². The van der Waals surface area contributed by atoms with E-state index in [0.717, 1.165) is 23.4 Å². The number of carbonyl (C=O) groups is 2. The van der Waals surface area contributed by atoms with E-state index in [1.54, 1.807) is 7.11 Å². The number of carbonyl (C=O) groups excluding carboxylic acids is 2. The van der Waals surface area contributed by atoms with Crippen LogP contribution in [0.5, 0.6) is 0 Å². The molecule has 12 heteroatoms. The minimum Gasteiger partial charge on any atom is -0.394 e. The quantitative estimate of drug-likeness (QED) is 0.327. The molecule has 1 aromatic heterocycles. The van der Waals surface area contributed by atoms with Gasteiger partial charge in [-0.25, -0.2) is 20.4 Å². The Morgan fingerprint density at radius 2 is 2.03 bits per heavy atom. The van der Waals surface area contributed by atoms with Crippen LogP contribution < -0.4 is 27.2 Å². The third-order valence-corrected chi connectivity index (χ3v) is 6.27. The molecule has 1 aliphatic carbocycles. The fraction of sp³-hybridized carbons (Fsp3) is 0.435. The molecule has 2 fully saturated rings. The fourth-order valence-electron chi connectivity index (χ4n) is 3.43. The minimum atomic E-state index is -0.429. The molecule has 2 heterocycles. The number of benzene rings is 1. The number of hydrazine groups is 1. The van der Waals surface area contributed by atoms with Crippen molar-refractivity contribution in [2.45, 2.75) is 55.2 Å². The second-order valence-corrected chi connectivity index (χ2v) is 9.79. The van der Waals surface area contributed by atoms with E-state index in [4.69, 9.17) is 10.5 Å². The van der Waals surface area contributed by atoms with Crippen LogP contribution >= 0.6 is 11.8 Å². The number of ether oxygens (including phenoxy) is 1. The number of aliphatic imine (C=N–C) groups is 1. The molecule has 186 valence electrons. The van der Waals surface area contributed by atoms with Crippen LogP contribution in [-0.4, -0.2) is 53.4 Å². The van der Waals surface area contributed by atoms with Crippen molar-refractivity contribution in [2.24, 2.45) is 10.9 Å². The van der Waals surface area contributed by atoms with E-state index in [1.807, 2.05) is 38.1 Å². The molecule has 0 bridgehead atoms. The molecule has 6 N–H and O–H groups in total. The van der Waals surface area contributed by atoms with E-state index >= 15 is 0 Å². The van der Waals surface area contributed by atoms with E-state index < -0.39 is 5.91 Å². The van der Waals surface area contributed by atoms with Crippen molar-refractivity contribution in [3.05, 3.63) is 30.0 Å². The Morgan fingerprint density at radius 3 is 2.66 bits per heavy atom. The van der Waals surface area contributed by atoms with Gasteiger partial charge >= 0.3 is 0 Å². The lowest BCUT2D eigenvalue weighted by atomic mass is 10.2. The first-order valence-electron chi connectivity index (χ1n) is 11.5. The van der Waals surface area contributed by atoms with Crippen LogP contribution in [0.25, 0.3) is 0 Å². The maximum Gasteiger partial charge on any atom is 0.272 e. The largest absolute Gasteiger partial charge is 0.394 e. The van der Waals surface area contributed by atoms with Gasteiger partial charge in [-0.15, -0.1) is 0 Å². The second-order valence-electron chi connectivity index (χ2n) is 8.74. The molecule has 2 aliphatic rings. The third-order valence-electron chi connectivity index (χ3n) is 5.40. The van der Waals surface area contributed by atoms with E-state index in [9.17, 15) is 9.59 Å². The maximum absolute atomic E-state index is 12.9. The number of amides is 2. The van der Waals surface area contributed by atoms with Crippen LogP contribution in [0.4, 0.5) is 17.2 Å². The molecule has 0 spiro atoms. The van der Waals surface area contributed by atoms with Gasteiger partial charge in [-0.1, -0.05) is 0 Å². The number of nitrogens with zero attached hydrogens (tertiary/aromatic N) is 3. The van der Waals surface area contributed by atoms with Crippen molar-refractivity contribution in [1.29, 1.82) is 0 Å². The number of hydrogen-bond acceptors (Lipinski definition) is 9. The first-order chi connectivity index (χ1) is 16.8. The summed E-state index contributed by atoms with van der Waals surface area (Å²) in [6.07, 6.45) is 2.57. The van der Waals surface area contributed by atoms with Crippen LogP contribution in [-0.2, 0) is 9.53 Å². The minimum absolute atomic E-state index is 0.0529. The molecule has 11 nitrogen and oxygen atoms in total. The third kappa shape index (κ3) is 6.68. The van der Waals surface area contributed by atoms with Gasteiger partial charge in [0.25, 0.3) is 5.91 Å². The molecule has 2 amide bonds. The molecule has 0 radical (unpaired) electrons. The number of rotatable bonds is 9. The van der Waals surface area contributed by atoms with Gasteiger partial charge in [-0.05, 0) is 62.7 Å². The number of aromatic nitrogens is 2. The molecular formula is C23H30N8O3S. The normalized spacial score (nSPS) is 19.3. The SMILES string of the molecule is COCC(C)NC(=O)c1nc(Sc2ccc(NC(=O)C3CC3)cc2)nc(N=C2CC(C)NN2)c1N. The van der Waals surface area contributed by atoms with Gasteiger partial charge in [0.05, 0.1) is 6.61 Å². The molecule has 2 unspecified atom stereocenters. The van der Waals surface area contributed by atoms with Gasteiger partial charge in [0.15, 0.2) is 16.7 Å². The molecular weight excluding hydrogens is 468 g/mol. The Bertz CT molecular complexity index is 1120. The Balaban J connectivity index is 1.58. The summed E-state index contributed by atoms with van der Waals surface area (Å²) in [5.41, 5.74) is 13.3. The standard InChI is InChI=1S/C23H30N8O3S/c1-12-10-17(31-30-12)27-20-18(24)19(22(33)25-13(2)11-34-3)28-23(29-20)35-16-8-6-15(7-9-16)26-21(32)14-4-5-14/h6-9,12-14,30H,4-5,10-11,24H2,1-3H3,(H,25,33)(H,26,32)(H,27,28,29,31). The van der Waals surface area contributed by atoms with Crippen molar-refractivity contribution in [3.8, 4) is 0 Å². The van der Waals surface area contributed by atoms with E-state index in [-0.39, 0.29) is 41.1 Å². The summed E-state index contributed by atoms with van der Waals surface area (Å²) >= 11 is 1.28. The molecule has 2 atom stereocenters. The lowest BCUT2D eigenvalue weighted by Gasteiger charge is -2.14. The van der Waals surface area contributed by atoms with Crippen LogP contribution in [0.2, 0.25) is 0 Å². The summed E-state index contributed by atoms with van der Waals surface area (Å²) in [4.78, 5) is 39.3. The number of anilines is 2. The highest BCUT2D eigenvalue weighted by atomic mass is 32.2. The first kappa shape index (κ1) is 24.9. The number of nitrogens with two attached hydrogens (primary N) is 1. The lowest BCUT2D eigenvalue weighted by molar-refractivity contribution is -0.117. The Morgan fingerprint density at radius 1 is 1.29 bits per heavy atom. The van der Waals surface area contributed by atoms with E-state index in [0.29, 0.717) is 24.0 Å². The molecule has 4 rings (SSSR count). The van der Waals surface area contributed by atoms with E-state index in [2.05, 4.69) is 36.4 Å². The lowest BCUT2D eigenvalue weighted by Crippen LogP contribution is -2.36. The Hall–Kier alpha value is -3.22. The van der Waals surface area contributed by atoms with Crippen molar-refractivity contribution in [2.75, 3.05) is 24.8 Å². The van der Waals surface area contributed by atoms with Gasteiger partial charge in [-0.2, -0.15) is 0 Å². The number of nitrogens with one attached hydrogen (secondary N) is 4. The van der Waals surface area contributed by atoms with Gasteiger partial charge in [0.2, 0.25) is 5.91 Å². The molecule has 1 saturated carbocycles. The summed E-state index contributed by atoms with van der Waals surface area (Å²) < 4.78 is 5.10. The second kappa shape index (κ2) is 11.0. The topological polar surface area (TPSA) is 156 Å². The zero-order valence-electron chi connectivity index (χ0n) is 19.9. The highest BCUT2D eigenvalue weighted by Crippen LogP contribution is 2.33. The first-order valence-corrected chi connectivity index (χ1v) is 12.3. The van der Waals surface area contributed by atoms with E-state index in [1.165, 1.54) is 11.8 Å². The van der Waals surface area contributed by atoms with Gasteiger partial charge in [-0.3, -0.25) is 9.59 Å². The number of amidine groups is 1. The predicted octanol–water partition coefficient (Wildman–Crippen LogP) is 2.24. The van der Waals surface area contributed by atoms with Crippen molar-refractivity contribution in [1.82, 2.24) is 26.1 Å². The summed E-state index contributed by atoms with van der Waals surface area (Å²) in [6.45, 7) is 4.20. The van der Waals surface area contributed by atoms with Crippen molar-refractivity contribution < 1.29 is 14.3 Å². The Kier molecular flexibility index (Phi) is 7.83. The number of methoxy groups -OCH3 is 1. The zero-order valence-corrected chi connectivity index (χ0v) is 20.7. The molecule has 1 saturated heterocycles. The Labute approximate surface area is 208 Å². The summed E-state index contributed by atoms with van der Waals surface area (Å²) in [7, 11) is 1.57. The molecule has 35 heavy (non-hydrogen) atoms. The van der Waals surface area contributed by atoms with Crippen LogP contribution in [0.15, 0.2) is 39.3 Å². The maximum atomic E-state index is 12.9. The highest BCUT2D eigenvalue weighted by Gasteiger charge is 2.29. The smallest absolute Gasteiger partial charge is 0.272 e. The van der Waals surface area contributed by atoms with Gasteiger partial charge < -0.3 is 26.5 Å². The summed E-state index contributed by atoms with van der Waals surface area (Å²) in [5, 5.41) is 6.09. The molecule has 1 aromatic carbocycles. The highest BCUT2D eigenvalue weighted by molar-refractivity contribution is 7.99. The number of nitrogen functional groups attached to an aromatic ring is 1. The molecule has 1 aliphatic heterocycles. The van der Waals surface area contributed by atoms with Crippen LogP contribution in [0, 0.1) is 5.92 Å². The average molecular weight is 499 g/mol. The fourth-order valence-corrected chi connectivity index (χ4v) is 4.18. The number of hydrogen-bond donors (Lipinski definition) is 5. The van der Waals surface area contributed by atoms with Crippen LogP contribution in [0.3, 0.4) is 0 Å².